The van der Waals surface area contributed by atoms with Crippen LogP contribution in [0, 0.1) is 6.92 Å². The summed E-state index contributed by atoms with van der Waals surface area (Å²) < 4.78 is 5.50. The first-order valence-electron chi connectivity index (χ1n) is 5.47. The van der Waals surface area contributed by atoms with Gasteiger partial charge in [0.05, 0.1) is 6.61 Å². The van der Waals surface area contributed by atoms with Gasteiger partial charge in [0.1, 0.15) is 5.75 Å². The molecule has 0 spiro atoms. The van der Waals surface area contributed by atoms with Crippen molar-refractivity contribution in [1.29, 1.82) is 0 Å². The van der Waals surface area contributed by atoms with Gasteiger partial charge in [-0.1, -0.05) is 6.92 Å². The second kappa shape index (κ2) is 4.39. The summed E-state index contributed by atoms with van der Waals surface area (Å²) in [5, 5.41) is 0.680. The molecule has 0 fully saturated rings. The fourth-order valence-electron chi connectivity index (χ4n) is 1.67. The zero-order valence-electron chi connectivity index (χ0n) is 9.54. The number of rotatable bonds is 3. The first kappa shape index (κ1) is 10.7. The van der Waals surface area contributed by atoms with Crippen LogP contribution in [0.3, 0.4) is 0 Å². The summed E-state index contributed by atoms with van der Waals surface area (Å²) in [4.78, 5) is 14.9. The highest BCUT2D eigenvalue weighted by Gasteiger charge is 2.02. The molecule has 16 heavy (non-hydrogen) atoms. The third kappa shape index (κ3) is 2.08. The average molecular weight is 217 g/mol. The summed E-state index contributed by atoms with van der Waals surface area (Å²) in [7, 11) is 0. The van der Waals surface area contributed by atoms with E-state index >= 15 is 0 Å². The Bertz CT molecular complexity index is 557. The molecule has 2 rings (SSSR count). The molecule has 0 bridgehead atoms. The average Bonchev–Trinajstić information content (AvgIpc) is 2.26. The molecular weight excluding hydrogens is 202 g/mol. The molecule has 0 radical (unpaired) electrons. The highest BCUT2D eigenvalue weighted by Crippen LogP contribution is 2.17. The van der Waals surface area contributed by atoms with Crippen LogP contribution in [0.2, 0.25) is 0 Å². The molecule has 2 aromatic rings. The van der Waals surface area contributed by atoms with Gasteiger partial charge in [-0.3, -0.25) is 4.79 Å². The molecule has 1 aromatic heterocycles. The van der Waals surface area contributed by atoms with Crippen molar-refractivity contribution in [2.75, 3.05) is 6.61 Å². The van der Waals surface area contributed by atoms with E-state index in [1.54, 1.807) is 12.1 Å². The largest absolute Gasteiger partial charge is 0.494 e. The molecule has 84 valence electrons. The molecule has 1 N–H and O–H groups in total. The summed E-state index contributed by atoms with van der Waals surface area (Å²) in [5.74, 6) is 0.753. The van der Waals surface area contributed by atoms with Gasteiger partial charge in [-0.05, 0) is 31.5 Å². The molecule has 0 amide bonds. The zero-order valence-corrected chi connectivity index (χ0v) is 9.54. The molecule has 1 aromatic carbocycles. The number of hydrogen-bond acceptors (Lipinski definition) is 2. The Morgan fingerprint density at radius 2 is 2.12 bits per heavy atom. The van der Waals surface area contributed by atoms with Gasteiger partial charge in [-0.15, -0.1) is 0 Å². The van der Waals surface area contributed by atoms with Crippen molar-refractivity contribution in [2.45, 2.75) is 20.3 Å². The number of ether oxygens (including phenoxy) is 1. The number of pyridine rings is 1. The van der Waals surface area contributed by atoms with Crippen LogP contribution >= 0.6 is 0 Å². The smallest absolute Gasteiger partial charge is 0.189 e. The van der Waals surface area contributed by atoms with Crippen molar-refractivity contribution in [3.63, 3.8) is 0 Å². The van der Waals surface area contributed by atoms with Gasteiger partial charge in [-0.25, -0.2) is 0 Å². The van der Waals surface area contributed by atoms with Crippen molar-refractivity contribution >= 4 is 10.9 Å². The number of hydrogen-bond donors (Lipinski definition) is 1. The van der Waals surface area contributed by atoms with Crippen LogP contribution < -0.4 is 10.2 Å². The van der Waals surface area contributed by atoms with Gasteiger partial charge in [0, 0.05) is 22.7 Å². The van der Waals surface area contributed by atoms with E-state index in [1.165, 1.54) is 0 Å². The molecule has 0 aliphatic heterocycles. The Hall–Kier alpha value is -1.77. The first-order chi connectivity index (χ1) is 7.70. The van der Waals surface area contributed by atoms with Crippen LogP contribution in [-0.2, 0) is 0 Å². The number of benzene rings is 1. The van der Waals surface area contributed by atoms with Crippen molar-refractivity contribution in [3.8, 4) is 5.75 Å². The quantitative estimate of drug-likeness (QED) is 0.858. The lowest BCUT2D eigenvalue weighted by Gasteiger charge is -2.06. The molecule has 0 saturated carbocycles. The third-order valence-corrected chi connectivity index (χ3v) is 2.41. The minimum atomic E-state index is 0.0354. The van der Waals surface area contributed by atoms with E-state index in [-0.39, 0.29) is 5.43 Å². The SMILES string of the molecule is CCCOc1ccc2[nH]c(C)cc(=O)c2c1. The molecule has 3 nitrogen and oxygen atoms in total. The minimum absolute atomic E-state index is 0.0354. The molecule has 1 heterocycles. The van der Waals surface area contributed by atoms with Gasteiger partial charge in [0.25, 0.3) is 0 Å². The maximum absolute atomic E-state index is 11.8. The first-order valence-corrected chi connectivity index (χ1v) is 5.47. The van der Waals surface area contributed by atoms with E-state index in [9.17, 15) is 4.79 Å². The highest BCUT2D eigenvalue weighted by molar-refractivity contribution is 5.80. The second-order valence-corrected chi connectivity index (χ2v) is 3.87. The summed E-state index contributed by atoms with van der Waals surface area (Å²) in [5.41, 5.74) is 1.77. The van der Waals surface area contributed by atoms with Crippen LogP contribution in [-0.4, -0.2) is 11.6 Å². The highest BCUT2D eigenvalue weighted by atomic mass is 16.5. The van der Waals surface area contributed by atoms with Crippen LogP contribution in [0.4, 0.5) is 0 Å². The lowest BCUT2D eigenvalue weighted by atomic mass is 10.2. The lowest BCUT2D eigenvalue weighted by molar-refractivity contribution is 0.318. The van der Waals surface area contributed by atoms with Crippen LogP contribution in [0.1, 0.15) is 19.0 Å². The predicted octanol–water partition coefficient (Wildman–Crippen LogP) is 2.63. The van der Waals surface area contributed by atoms with Gasteiger partial charge in [0.15, 0.2) is 5.43 Å². The van der Waals surface area contributed by atoms with Crippen LogP contribution in [0.5, 0.6) is 5.75 Å². The van der Waals surface area contributed by atoms with Gasteiger partial charge in [0.2, 0.25) is 0 Å². The lowest BCUT2D eigenvalue weighted by Crippen LogP contribution is -2.03. The Morgan fingerprint density at radius 3 is 2.88 bits per heavy atom. The van der Waals surface area contributed by atoms with E-state index in [0.717, 1.165) is 23.4 Å². The Morgan fingerprint density at radius 1 is 1.31 bits per heavy atom. The predicted molar refractivity (Wildman–Crippen MR) is 65.1 cm³/mol. The minimum Gasteiger partial charge on any atom is -0.494 e. The maximum atomic E-state index is 11.8. The van der Waals surface area contributed by atoms with Crippen LogP contribution in [0.25, 0.3) is 10.9 Å². The van der Waals surface area contributed by atoms with E-state index in [0.29, 0.717) is 12.0 Å². The van der Waals surface area contributed by atoms with Crippen LogP contribution in [0.15, 0.2) is 29.1 Å². The Labute approximate surface area is 94.1 Å². The molecule has 0 aliphatic carbocycles. The van der Waals surface area contributed by atoms with Gasteiger partial charge in [-0.2, -0.15) is 0 Å². The molecule has 0 unspecified atom stereocenters. The summed E-state index contributed by atoms with van der Waals surface area (Å²) in [6, 6.07) is 7.16. The zero-order chi connectivity index (χ0) is 11.5. The number of fused-ring (bicyclic) bond motifs is 1. The Balaban J connectivity index is 2.49. The molecule has 0 aliphatic rings. The van der Waals surface area contributed by atoms with Crippen molar-refractivity contribution in [1.82, 2.24) is 4.98 Å². The van der Waals surface area contributed by atoms with E-state index < -0.39 is 0 Å². The van der Waals surface area contributed by atoms with Gasteiger partial charge < -0.3 is 9.72 Å². The normalized spacial score (nSPS) is 10.6. The number of nitrogens with one attached hydrogen (secondary N) is 1. The number of aromatic nitrogens is 1. The third-order valence-electron chi connectivity index (χ3n) is 2.41. The molecule has 0 saturated heterocycles. The fraction of sp³-hybridized carbons (Fsp3) is 0.308. The van der Waals surface area contributed by atoms with Gasteiger partial charge >= 0.3 is 0 Å². The monoisotopic (exact) mass is 217 g/mol. The van der Waals surface area contributed by atoms with E-state index in [2.05, 4.69) is 11.9 Å². The maximum Gasteiger partial charge on any atom is 0.189 e. The second-order valence-electron chi connectivity index (χ2n) is 3.87. The fourth-order valence-corrected chi connectivity index (χ4v) is 1.67. The van der Waals surface area contributed by atoms with Crippen molar-refractivity contribution in [2.24, 2.45) is 0 Å². The molecular formula is C13H15NO2. The number of aryl methyl sites for hydroxylation is 1. The number of aromatic amines is 1. The van der Waals surface area contributed by atoms with Crippen molar-refractivity contribution < 1.29 is 4.74 Å². The van der Waals surface area contributed by atoms with Crippen molar-refractivity contribution in [3.05, 3.63) is 40.2 Å². The standard InChI is InChI=1S/C13H15NO2/c1-3-6-16-10-4-5-12-11(8-10)13(15)7-9(2)14-12/h4-5,7-8H,3,6H2,1-2H3,(H,14,15). The molecule has 3 heteroatoms. The number of H-pyrrole nitrogens is 1. The summed E-state index contributed by atoms with van der Waals surface area (Å²) >= 11 is 0. The van der Waals surface area contributed by atoms with E-state index in [1.807, 2.05) is 19.1 Å². The summed E-state index contributed by atoms with van der Waals surface area (Å²) in [6.45, 7) is 4.61. The molecule has 0 atom stereocenters. The summed E-state index contributed by atoms with van der Waals surface area (Å²) in [6.07, 6.45) is 0.961. The Kier molecular flexibility index (Phi) is 2.95. The topological polar surface area (TPSA) is 42.1 Å². The van der Waals surface area contributed by atoms with E-state index in [4.69, 9.17) is 4.74 Å².